The molecule has 0 bridgehead atoms. The van der Waals surface area contributed by atoms with Crippen molar-refractivity contribution in [3.8, 4) is 0 Å². The predicted octanol–water partition coefficient (Wildman–Crippen LogP) is 2.43. The second-order valence-electron chi connectivity index (χ2n) is 8.92. The lowest BCUT2D eigenvalue weighted by Crippen LogP contribution is -2.52. The Morgan fingerprint density at radius 1 is 0.829 bits per heavy atom. The van der Waals surface area contributed by atoms with Gasteiger partial charge in [0.05, 0.1) is 31.6 Å². The number of benzene rings is 3. The molecule has 0 radical (unpaired) electrons. The zero-order valence-corrected chi connectivity index (χ0v) is 22.3. The van der Waals surface area contributed by atoms with Crippen molar-refractivity contribution in [2.75, 3.05) is 14.2 Å². The molecule has 0 heterocycles. The normalized spacial score (nSPS) is 13.5. The van der Waals surface area contributed by atoms with Crippen molar-refractivity contribution in [3.05, 3.63) is 112 Å². The number of amides is 2. The number of rotatable bonds is 12. The molecular formula is C29H29N3O9. The number of methoxy groups -OCH3 is 2. The van der Waals surface area contributed by atoms with Crippen LogP contribution < -0.4 is 10.6 Å². The molecule has 0 aromatic heterocycles. The Bertz CT molecular complexity index is 1370. The Kier molecular flexibility index (Phi) is 10.6. The minimum absolute atomic E-state index is 0.223. The van der Waals surface area contributed by atoms with E-state index >= 15 is 0 Å². The number of hydrogen-bond donors (Lipinski definition) is 3. The smallest absolute Gasteiger partial charge is 0.329 e. The van der Waals surface area contributed by atoms with E-state index in [4.69, 9.17) is 9.47 Å². The van der Waals surface area contributed by atoms with Crippen LogP contribution in [0.5, 0.6) is 0 Å². The van der Waals surface area contributed by atoms with Gasteiger partial charge in [-0.15, -0.1) is 0 Å². The van der Waals surface area contributed by atoms with Gasteiger partial charge in [-0.2, -0.15) is 0 Å². The van der Waals surface area contributed by atoms with Gasteiger partial charge in [0.1, 0.15) is 6.04 Å². The summed E-state index contributed by atoms with van der Waals surface area (Å²) in [5.41, 5.74) is 0.781. The summed E-state index contributed by atoms with van der Waals surface area (Å²) < 4.78 is 9.63. The van der Waals surface area contributed by atoms with E-state index in [1.165, 1.54) is 24.3 Å². The van der Waals surface area contributed by atoms with Gasteiger partial charge < -0.3 is 25.2 Å². The molecule has 3 rings (SSSR count). The molecule has 0 aliphatic rings. The van der Waals surface area contributed by atoms with Gasteiger partial charge in [-0.1, -0.05) is 60.7 Å². The zero-order chi connectivity index (χ0) is 29.9. The number of nitrogens with zero attached hydrogens (tertiary/aromatic N) is 1. The van der Waals surface area contributed by atoms with Crippen LogP contribution in [0.25, 0.3) is 0 Å². The molecule has 0 unspecified atom stereocenters. The first-order valence-corrected chi connectivity index (χ1v) is 12.4. The number of aliphatic hydroxyl groups is 1. The molecule has 3 aromatic rings. The maximum atomic E-state index is 13.4. The highest BCUT2D eigenvalue weighted by Crippen LogP contribution is 2.28. The van der Waals surface area contributed by atoms with E-state index in [2.05, 4.69) is 10.6 Å². The minimum Gasteiger partial charge on any atom is -0.469 e. The summed E-state index contributed by atoms with van der Waals surface area (Å²) in [4.78, 5) is 62.0. The molecule has 0 spiro atoms. The van der Waals surface area contributed by atoms with Crippen molar-refractivity contribution in [3.63, 3.8) is 0 Å². The number of hydrogen-bond acceptors (Lipinski definition) is 9. The van der Waals surface area contributed by atoms with Crippen LogP contribution in [-0.4, -0.2) is 60.1 Å². The van der Waals surface area contributed by atoms with Crippen molar-refractivity contribution >= 4 is 29.4 Å². The highest BCUT2D eigenvalue weighted by molar-refractivity contribution is 5.95. The van der Waals surface area contributed by atoms with Crippen LogP contribution in [0.4, 0.5) is 5.69 Å². The number of nitro groups is 1. The van der Waals surface area contributed by atoms with Crippen LogP contribution >= 0.6 is 0 Å². The maximum Gasteiger partial charge on any atom is 0.329 e. The van der Waals surface area contributed by atoms with Gasteiger partial charge in [-0.3, -0.25) is 24.5 Å². The largest absolute Gasteiger partial charge is 0.469 e. The third kappa shape index (κ3) is 7.96. The van der Waals surface area contributed by atoms with Crippen molar-refractivity contribution in [2.24, 2.45) is 0 Å². The summed E-state index contributed by atoms with van der Waals surface area (Å²) in [6, 6.07) is 18.8. The fraction of sp³-hybridized carbons (Fsp3) is 0.241. The molecule has 0 aliphatic heterocycles. The Hall–Kier alpha value is -5.10. The van der Waals surface area contributed by atoms with E-state index in [9.17, 15) is 34.4 Å². The standard InChI is InChI=1S/C29H29N3O9/c1-40-23(33)17-22(18-13-15-21(16-14-18)32(38)39)25(29(37)41-2)31-28(36)26(34)24(19-9-5-3-6-10-19)30-27(35)20-11-7-4-8-12-20/h3-16,22,24-26,34H,17H2,1-2H3,(H,30,35)(H,31,36)/t22-,24+,25+,26-/m1/s1. The van der Waals surface area contributed by atoms with Gasteiger partial charge in [-0.05, 0) is 23.3 Å². The first-order valence-electron chi connectivity index (χ1n) is 12.4. The summed E-state index contributed by atoms with van der Waals surface area (Å²) in [6.07, 6.45) is -2.29. The van der Waals surface area contributed by atoms with E-state index in [1.54, 1.807) is 60.7 Å². The second kappa shape index (κ2) is 14.3. The number of ether oxygens (including phenoxy) is 2. The number of nitro benzene ring substituents is 1. The molecule has 0 saturated heterocycles. The van der Waals surface area contributed by atoms with Crippen LogP contribution in [0.15, 0.2) is 84.9 Å². The third-order valence-electron chi connectivity index (χ3n) is 6.37. The molecule has 3 aromatic carbocycles. The van der Waals surface area contributed by atoms with Crippen LogP contribution in [0.2, 0.25) is 0 Å². The molecular weight excluding hydrogens is 534 g/mol. The zero-order valence-electron chi connectivity index (χ0n) is 22.3. The highest BCUT2D eigenvalue weighted by atomic mass is 16.6. The molecule has 2 amide bonds. The third-order valence-corrected chi connectivity index (χ3v) is 6.37. The van der Waals surface area contributed by atoms with E-state index in [-0.39, 0.29) is 5.69 Å². The topological polar surface area (TPSA) is 174 Å². The number of carbonyl (C=O) groups is 4. The average Bonchev–Trinajstić information content (AvgIpc) is 3.01. The lowest BCUT2D eigenvalue weighted by molar-refractivity contribution is -0.384. The van der Waals surface area contributed by atoms with Crippen molar-refractivity contribution in [1.82, 2.24) is 10.6 Å². The van der Waals surface area contributed by atoms with Crippen LogP contribution in [-0.2, 0) is 23.9 Å². The molecule has 0 saturated carbocycles. The van der Waals surface area contributed by atoms with E-state index in [0.29, 0.717) is 16.7 Å². The van der Waals surface area contributed by atoms with Gasteiger partial charge in [0.15, 0.2) is 6.10 Å². The van der Waals surface area contributed by atoms with Crippen LogP contribution in [0.1, 0.15) is 39.9 Å². The summed E-state index contributed by atoms with van der Waals surface area (Å²) in [5.74, 6) is -4.35. The average molecular weight is 564 g/mol. The Morgan fingerprint density at radius 2 is 1.41 bits per heavy atom. The lowest BCUT2D eigenvalue weighted by Gasteiger charge is -2.29. The molecule has 4 atom stereocenters. The van der Waals surface area contributed by atoms with E-state index < -0.39 is 59.2 Å². The van der Waals surface area contributed by atoms with Crippen molar-refractivity contribution < 1.29 is 38.7 Å². The highest BCUT2D eigenvalue weighted by Gasteiger charge is 2.38. The molecule has 12 heteroatoms. The monoisotopic (exact) mass is 563 g/mol. The first kappa shape index (κ1) is 30.4. The van der Waals surface area contributed by atoms with Gasteiger partial charge in [0.2, 0.25) is 0 Å². The van der Waals surface area contributed by atoms with E-state index in [0.717, 1.165) is 14.2 Å². The van der Waals surface area contributed by atoms with Crippen LogP contribution in [0, 0.1) is 10.1 Å². The van der Waals surface area contributed by atoms with Gasteiger partial charge >= 0.3 is 11.9 Å². The number of non-ortho nitro benzene ring substituents is 1. The van der Waals surface area contributed by atoms with Gasteiger partial charge in [0.25, 0.3) is 17.5 Å². The van der Waals surface area contributed by atoms with Crippen LogP contribution in [0.3, 0.4) is 0 Å². The summed E-state index contributed by atoms with van der Waals surface area (Å²) >= 11 is 0. The van der Waals surface area contributed by atoms with Crippen molar-refractivity contribution in [1.29, 1.82) is 0 Å². The fourth-order valence-electron chi connectivity index (χ4n) is 4.19. The molecule has 41 heavy (non-hydrogen) atoms. The molecule has 214 valence electrons. The molecule has 12 nitrogen and oxygen atoms in total. The Balaban J connectivity index is 1.94. The van der Waals surface area contributed by atoms with Crippen molar-refractivity contribution in [2.45, 2.75) is 30.5 Å². The lowest BCUT2D eigenvalue weighted by atomic mass is 9.87. The molecule has 3 N–H and O–H groups in total. The quantitative estimate of drug-likeness (QED) is 0.170. The Labute approximate surface area is 235 Å². The molecule has 0 aliphatic carbocycles. The van der Waals surface area contributed by atoms with Gasteiger partial charge in [0, 0.05) is 23.6 Å². The first-order chi connectivity index (χ1) is 19.7. The SMILES string of the molecule is COC(=O)C[C@H](c1ccc([N+](=O)[O-])cc1)[C@H](NC(=O)[C@H](O)[C@@H](NC(=O)c1ccccc1)c1ccccc1)C(=O)OC. The van der Waals surface area contributed by atoms with Gasteiger partial charge in [-0.25, -0.2) is 4.79 Å². The number of aliphatic hydroxyl groups excluding tert-OH is 1. The van der Waals surface area contributed by atoms with E-state index in [1.807, 2.05) is 0 Å². The fourth-order valence-corrected chi connectivity index (χ4v) is 4.19. The maximum absolute atomic E-state index is 13.4. The predicted molar refractivity (Wildman–Crippen MR) is 146 cm³/mol. The summed E-state index contributed by atoms with van der Waals surface area (Å²) in [5, 5.41) is 27.4. The number of carbonyl (C=O) groups excluding carboxylic acids is 4. The summed E-state index contributed by atoms with van der Waals surface area (Å²) in [7, 11) is 2.22. The number of nitrogens with one attached hydrogen (secondary N) is 2. The molecule has 0 fully saturated rings. The minimum atomic E-state index is -1.88. The Morgan fingerprint density at radius 3 is 1.95 bits per heavy atom. The summed E-state index contributed by atoms with van der Waals surface area (Å²) in [6.45, 7) is 0. The number of esters is 2. The second-order valence-corrected chi connectivity index (χ2v) is 8.92.